The average Bonchev–Trinajstić information content (AvgIpc) is 2.33. The molecule has 0 bridgehead atoms. The Bertz CT molecular complexity index is 437. The van der Waals surface area contributed by atoms with Crippen molar-refractivity contribution in [1.29, 1.82) is 0 Å². The number of nitrogens with zero attached hydrogens (tertiary/aromatic N) is 1. The first-order valence-corrected chi connectivity index (χ1v) is 7.28. The van der Waals surface area contributed by atoms with Gasteiger partial charge in [-0.1, -0.05) is 13.3 Å². The van der Waals surface area contributed by atoms with Gasteiger partial charge in [0.15, 0.2) is 0 Å². The van der Waals surface area contributed by atoms with Gasteiger partial charge in [-0.15, -0.1) is 0 Å². The standard InChI is InChI=1S/C14H22BrN3O/c1-4-5-10(2)18(3)9-14(19)17-13-7-6-11(16)8-12(13)15/h6-8,10H,4-5,9,16H2,1-3H3,(H,17,19). The molecule has 0 radical (unpaired) electrons. The lowest BCUT2D eigenvalue weighted by atomic mass is 10.2. The van der Waals surface area contributed by atoms with Crippen molar-refractivity contribution in [2.45, 2.75) is 32.7 Å². The number of nitrogens with two attached hydrogens (primary N) is 1. The quantitative estimate of drug-likeness (QED) is 0.789. The summed E-state index contributed by atoms with van der Waals surface area (Å²) in [6.45, 7) is 4.67. The van der Waals surface area contributed by atoms with Gasteiger partial charge in [-0.05, 0) is 54.5 Å². The summed E-state index contributed by atoms with van der Waals surface area (Å²) in [6.07, 6.45) is 2.21. The molecule has 19 heavy (non-hydrogen) atoms. The zero-order chi connectivity index (χ0) is 14.4. The van der Waals surface area contributed by atoms with Crippen molar-refractivity contribution in [3.8, 4) is 0 Å². The summed E-state index contributed by atoms with van der Waals surface area (Å²) in [7, 11) is 1.97. The van der Waals surface area contributed by atoms with Crippen molar-refractivity contribution < 1.29 is 4.79 Å². The number of nitrogens with one attached hydrogen (secondary N) is 1. The summed E-state index contributed by atoms with van der Waals surface area (Å²) < 4.78 is 0.796. The van der Waals surface area contributed by atoms with E-state index in [2.05, 4.69) is 40.0 Å². The van der Waals surface area contributed by atoms with E-state index in [9.17, 15) is 4.79 Å². The molecule has 0 aliphatic rings. The fourth-order valence-corrected chi connectivity index (χ4v) is 2.34. The zero-order valence-corrected chi connectivity index (χ0v) is 13.3. The van der Waals surface area contributed by atoms with Crippen LogP contribution in [-0.2, 0) is 4.79 Å². The predicted molar refractivity (Wildman–Crippen MR) is 84.2 cm³/mol. The van der Waals surface area contributed by atoms with Crippen LogP contribution in [-0.4, -0.2) is 30.4 Å². The Hall–Kier alpha value is -1.07. The minimum Gasteiger partial charge on any atom is -0.399 e. The first-order chi connectivity index (χ1) is 8.93. The van der Waals surface area contributed by atoms with Crippen molar-refractivity contribution in [2.75, 3.05) is 24.6 Å². The van der Waals surface area contributed by atoms with Gasteiger partial charge in [0.05, 0.1) is 12.2 Å². The van der Waals surface area contributed by atoms with Gasteiger partial charge in [0.25, 0.3) is 0 Å². The van der Waals surface area contributed by atoms with Crippen molar-refractivity contribution in [1.82, 2.24) is 4.90 Å². The van der Waals surface area contributed by atoms with Crippen LogP contribution in [0.1, 0.15) is 26.7 Å². The Morgan fingerprint density at radius 1 is 1.53 bits per heavy atom. The third-order valence-electron chi connectivity index (χ3n) is 3.12. The first-order valence-electron chi connectivity index (χ1n) is 6.49. The Kier molecular flexibility index (Phi) is 6.31. The van der Waals surface area contributed by atoms with E-state index in [4.69, 9.17) is 5.73 Å². The summed E-state index contributed by atoms with van der Waals surface area (Å²) in [6, 6.07) is 5.75. The van der Waals surface area contributed by atoms with Gasteiger partial charge in [-0.2, -0.15) is 0 Å². The molecule has 5 heteroatoms. The molecule has 0 saturated carbocycles. The summed E-state index contributed by atoms with van der Waals surface area (Å²) in [5.41, 5.74) is 7.07. The molecular formula is C14H22BrN3O. The van der Waals surface area contributed by atoms with E-state index in [1.165, 1.54) is 0 Å². The average molecular weight is 328 g/mol. The van der Waals surface area contributed by atoms with Crippen LogP contribution < -0.4 is 11.1 Å². The molecule has 1 unspecified atom stereocenters. The van der Waals surface area contributed by atoms with E-state index in [1.54, 1.807) is 18.2 Å². The molecule has 1 aromatic rings. The fraction of sp³-hybridized carbons (Fsp3) is 0.500. The smallest absolute Gasteiger partial charge is 0.238 e. The minimum absolute atomic E-state index is 0.0177. The summed E-state index contributed by atoms with van der Waals surface area (Å²) in [5, 5.41) is 2.88. The largest absolute Gasteiger partial charge is 0.399 e. The Morgan fingerprint density at radius 2 is 2.21 bits per heavy atom. The number of carbonyl (C=O) groups is 1. The zero-order valence-electron chi connectivity index (χ0n) is 11.7. The lowest BCUT2D eigenvalue weighted by Crippen LogP contribution is -2.36. The summed E-state index contributed by atoms with van der Waals surface area (Å²) in [4.78, 5) is 14.0. The van der Waals surface area contributed by atoms with Crippen LogP contribution in [0.15, 0.2) is 22.7 Å². The lowest BCUT2D eigenvalue weighted by Gasteiger charge is -2.23. The number of rotatable bonds is 6. The Labute approximate surface area is 123 Å². The maximum Gasteiger partial charge on any atom is 0.238 e. The molecule has 1 atom stereocenters. The number of hydrogen-bond donors (Lipinski definition) is 2. The number of benzene rings is 1. The van der Waals surface area contributed by atoms with E-state index in [-0.39, 0.29) is 5.91 Å². The van der Waals surface area contributed by atoms with Gasteiger partial charge in [0.2, 0.25) is 5.91 Å². The number of amides is 1. The molecule has 0 heterocycles. The molecule has 0 aliphatic carbocycles. The highest BCUT2D eigenvalue weighted by molar-refractivity contribution is 9.10. The van der Waals surface area contributed by atoms with E-state index < -0.39 is 0 Å². The molecule has 1 rings (SSSR count). The van der Waals surface area contributed by atoms with Crippen LogP contribution in [0.3, 0.4) is 0 Å². The van der Waals surface area contributed by atoms with Gasteiger partial charge in [0, 0.05) is 16.2 Å². The number of likely N-dealkylation sites (N-methyl/N-ethyl adjacent to an activating group) is 1. The second-order valence-corrected chi connectivity index (χ2v) is 5.69. The minimum atomic E-state index is -0.0177. The Morgan fingerprint density at radius 3 is 2.79 bits per heavy atom. The van der Waals surface area contributed by atoms with Crippen molar-refractivity contribution in [3.05, 3.63) is 22.7 Å². The molecular weight excluding hydrogens is 306 g/mol. The van der Waals surface area contributed by atoms with Crippen molar-refractivity contribution in [2.24, 2.45) is 0 Å². The van der Waals surface area contributed by atoms with E-state index in [1.807, 2.05) is 7.05 Å². The lowest BCUT2D eigenvalue weighted by molar-refractivity contribution is -0.117. The third kappa shape index (κ3) is 5.20. The van der Waals surface area contributed by atoms with E-state index in [0.717, 1.165) is 23.0 Å². The van der Waals surface area contributed by atoms with Crippen LogP contribution in [0, 0.1) is 0 Å². The molecule has 1 aromatic carbocycles. The summed E-state index contributed by atoms with van der Waals surface area (Å²) in [5.74, 6) is -0.0177. The molecule has 4 nitrogen and oxygen atoms in total. The maximum atomic E-state index is 12.0. The highest BCUT2D eigenvalue weighted by Crippen LogP contribution is 2.24. The van der Waals surface area contributed by atoms with E-state index >= 15 is 0 Å². The Balaban J connectivity index is 2.55. The number of anilines is 2. The second kappa shape index (κ2) is 7.50. The molecule has 1 amide bonds. The maximum absolute atomic E-state index is 12.0. The topological polar surface area (TPSA) is 58.4 Å². The van der Waals surface area contributed by atoms with Crippen LogP contribution in [0.5, 0.6) is 0 Å². The molecule has 106 valence electrons. The molecule has 0 aromatic heterocycles. The predicted octanol–water partition coefficient (Wildman–Crippen LogP) is 3.09. The molecule has 0 aliphatic heterocycles. The van der Waals surface area contributed by atoms with Crippen molar-refractivity contribution in [3.63, 3.8) is 0 Å². The SMILES string of the molecule is CCCC(C)N(C)CC(=O)Nc1ccc(N)cc1Br. The van der Waals surface area contributed by atoms with Crippen LogP contribution in [0.2, 0.25) is 0 Å². The fourth-order valence-electron chi connectivity index (χ4n) is 1.84. The molecule has 0 spiro atoms. The normalized spacial score (nSPS) is 12.5. The highest BCUT2D eigenvalue weighted by atomic mass is 79.9. The monoisotopic (exact) mass is 327 g/mol. The van der Waals surface area contributed by atoms with Crippen molar-refractivity contribution >= 4 is 33.2 Å². The van der Waals surface area contributed by atoms with Gasteiger partial charge in [-0.3, -0.25) is 9.69 Å². The number of hydrogen-bond acceptors (Lipinski definition) is 3. The molecule has 3 N–H and O–H groups in total. The van der Waals surface area contributed by atoms with Crippen LogP contribution >= 0.6 is 15.9 Å². The van der Waals surface area contributed by atoms with Crippen LogP contribution in [0.4, 0.5) is 11.4 Å². The summed E-state index contributed by atoms with van der Waals surface area (Å²) >= 11 is 3.39. The van der Waals surface area contributed by atoms with Gasteiger partial charge in [-0.25, -0.2) is 0 Å². The third-order valence-corrected chi connectivity index (χ3v) is 3.78. The van der Waals surface area contributed by atoms with Gasteiger partial charge >= 0.3 is 0 Å². The number of halogens is 1. The second-order valence-electron chi connectivity index (χ2n) is 4.84. The van der Waals surface area contributed by atoms with Crippen LogP contribution in [0.25, 0.3) is 0 Å². The highest BCUT2D eigenvalue weighted by Gasteiger charge is 2.13. The number of nitrogen functional groups attached to an aromatic ring is 1. The molecule has 0 fully saturated rings. The first kappa shape index (κ1) is 16.0. The van der Waals surface area contributed by atoms with Gasteiger partial charge in [0.1, 0.15) is 0 Å². The van der Waals surface area contributed by atoms with Gasteiger partial charge < -0.3 is 11.1 Å². The van der Waals surface area contributed by atoms with E-state index in [0.29, 0.717) is 18.3 Å². The molecule has 0 saturated heterocycles. The number of carbonyl (C=O) groups excluding carboxylic acids is 1.